The standard InChI is InChI=1S/C24H19NOS/c1-17-7-8-19(10-9-18-11-12-23-21(15-18)13-14-27-23)16-22(17)25-24(26)20-5-3-2-4-6-20/h2-16H,1H3,(H,25,26)/b10-9+. The maximum absolute atomic E-state index is 12.4. The molecule has 0 aliphatic rings. The Balaban J connectivity index is 1.55. The molecule has 2 nitrogen and oxygen atoms in total. The molecule has 4 rings (SSSR count). The molecule has 1 N–H and O–H groups in total. The second-order valence-corrected chi connectivity index (χ2v) is 7.39. The highest BCUT2D eigenvalue weighted by molar-refractivity contribution is 7.17. The third kappa shape index (κ3) is 3.99. The van der Waals surface area contributed by atoms with Gasteiger partial charge in [0.2, 0.25) is 0 Å². The number of anilines is 1. The molecule has 0 unspecified atom stereocenters. The second-order valence-electron chi connectivity index (χ2n) is 6.45. The average molecular weight is 369 g/mol. The summed E-state index contributed by atoms with van der Waals surface area (Å²) in [4.78, 5) is 12.4. The van der Waals surface area contributed by atoms with Gasteiger partial charge in [-0.05, 0) is 70.8 Å². The molecule has 0 saturated heterocycles. The number of nitrogens with one attached hydrogen (secondary N) is 1. The zero-order chi connectivity index (χ0) is 18.6. The summed E-state index contributed by atoms with van der Waals surface area (Å²) in [5.74, 6) is -0.0947. The Morgan fingerprint density at radius 2 is 1.63 bits per heavy atom. The van der Waals surface area contributed by atoms with E-state index in [1.807, 2.05) is 49.4 Å². The predicted molar refractivity (Wildman–Crippen MR) is 116 cm³/mol. The third-order valence-corrected chi connectivity index (χ3v) is 5.39. The summed E-state index contributed by atoms with van der Waals surface area (Å²) in [7, 11) is 0. The summed E-state index contributed by atoms with van der Waals surface area (Å²) in [5, 5.41) is 6.39. The van der Waals surface area contributed by atoms with Gasteiger partial charge in [0.25, 0.3) is 5.91 Å². The number of hydrogen-bond acceptors (Lipinski definition) is 2. The van der Waals surface area contributed by atoms with Crippen molar-refractivity contribution in [2.45, 2.75) is 6.92 Å². The molecule has 1 heterocycles. The van der Waals surface area contributed by atoms with Gasteiger partial charge in [-0.1, -0.05) is 48.6 Å². The van der Waals surface area contributed by atoms with E-state index in [1.165, 1.54) is 10.1 Å². The van der Waals surface area contributed by atoms with Crippen molar-refractivity contribution in [1.82, 2.24) is 0 Å². The van der Waals surface area contributed by atoms with Crippen LogP contribution in [0.2, 0.25) is 0 Å². The fourth-order valence-corrected chi connectivity index (χ4v) is 3.71. The minimum Gasteiger partial charge on any atom is -0.322 e. The lowest BCUT2D eigenvalue weighted by atomic mass is 10.1. The van der Waals surface area contributed by atoms with Crippen LogP contribution >= 0.6 is 11.3 Å². The van der Waals surface area contributed by atoms with Gasteiger partial charge in [-0.15, -0.1) is 11.3 Å². The van der Waals surface area contributed by atoms with Crippen LogP contribution in [0.5, 0.6) is 0 Å². The summed E-state index contributed by atoms with van der Waals surface area (Å²) in [6.45, 7) is 2.00. The maximum atomic E-state index is 12.4. The summed E-state index contributed by atoms with van der Waals surface area (Å²) in [6, 6.07) is 24.0. The quantitative estimate of drug-likeness (QED) is 0.402. The molecule has 0 radical (unpaired) electrons. The highest BCUT2D eigenvalue weighted by Crippen LogP contribution is 2.24. The number of thiophene rings is 1. The second kappa shape index (κ2) is 7.60. The molecule has 132 valence electrons. The van der Waals surface area contributed by atoms with E-state index in [1.54, 1.807) is 11.3 Å². The van der Waals surface area contributed by atoms with Gasteiger partial charge in [-0.25, -0.2) is 0 Å². The van der Waals surface area contributed by atoms with Crippen LogP contribution in [-0.2, 0) is 0 Å². The first-order valence-corrected chi connectivity index (χ1v) is 9.69. The molecule has 0 saturated carbocycles. The summed E-state index contributed by atoms with van der Waals surface area (Å²) < 4.78 is 1.30. The number of fused-ring (bicyclic) bond motifs is 1. The fourth-order valence-electron chi connectivity index (χ4n) is 2.94. The lowest BCUT2D eigenvalue weighted by Crippen LogP contribution is -2.12. The zero-order valence-corrected chi connectivity index (χ0v) is 15.8. The lowest BCUT2D eigenvalue weighted by Gasteiger charge is -2.09. The number of benzene rings is 3. The average Bonchev–Trinajstić information content (AvgIpc) is 3.17. The monoisotopic (exact) mass is 369 g/mol. The van der Waals surface area contributed by atoms with Gasteiger partial charge in [0.05, 0.1) is 0 Å². The van der Waals surface area contributed by atoms with E-state index in [-0.39, 0.29) is 5.91 Å². The minimum absolute atomic E-state index is 0.0947. The normalized spacial score (nSPS) is 11.1. The van der Waals surface area contributed by atoms with Gasteiger partial charge in [0.1, 0.15) is 0 Å². The maximum Gasteiger partial charge on any atom is 0.255 e. The van der Waals surface area contributed by atoms with E-state index in [0.717, 1.165) is 22.4 Å². The fraction of sp³-hybridized carbons (Fsp3) is 0.0417. The molecule has 27 heavy (non-hydrogen) atoms. The van der Waals surface area contributed by atoms with Gasteiger partial charge < -0.3 is 5.32 Å². The Hall–Kier alpha value is -3.17. The Bertz CT molecular complexity index is 1130. The first-order valence-electron chi connectivity index (χ1n) is 8.81. The molecule has 1 amide bonds. The van der Waals surface area contributed by atoms with Crippen LogP contribution in [0, 0.1) is 6.92 Å². The number of carbonyl (C=O) groups is 1. The molecule has 0 atom stereocenters. The molecule has 0 aliphatic carbocycles. The topological polar surface area (TPSA) is 29.1 Å². The van der Waals surface area contributed by atoms with Crippen LogP contribution in [0.4, 0.5) is 5.69 Å². The first kappa shape index (κ1) is 17.3. The summed E-state index contributed by atoms with van der Waals surface area (Å²) >= 11 is 1.75. The van der Waals surface area contributed by atoms with Crippen LogP contribution in [0.15, 0.2) is 78.2 Å². The Morgan fingerprint density at radius 3 is 2.44 bits per heavy atom. The van der Waals surface area contributed by atoms with Crippen LogP contribution in [-0.4, -0.2) is 5.91 Å². The van der Waals surface area contributed by atoms with Gasteiger partial charge in [-0.3, -0.25) is 4.79 Å². The van der Waals surface area contributed by atoms with E-state index >= 15 is 0 Å². The Kier molecular flexibility index (Phi) is 4.86. The minimum atomic E-state index is -0.0947. The van der Waals surface area contributed by atoms with Gasteiger partial charge in [0.15, 0.2) is 0 Å². The van der Waals surface area contributed by atoms with Crippen LogP contribution in [0.1, 0.15) is 27.0 Å². The Morgan fingerprint density at radius 1 is 0.889 bits per heavy atom. The van der Waals surface area contributed by atoms with Gasteiger partial charge in [-0.2, -0.15) is 0 Å². The molecular weight excluding hydrogens is 350 g/mol. The van der Waals surface area contributed by atoms with Crippen LogP contribution in [0.3, 0.4) is 0 Å². The molecule has 3 aromatic carbocycles. The number of aryl methyl sites for hydroxylation is 1. The lowest BCUT2D eigenvalue weighted by molar-refractivity contribution is 0.102. The van der Waals surface area contributed by atoms with E-state index in [9.17, 15) is 4.79 Å². The molecule has 0 fully saturated rings. The van der Waals surface area contributed by atoms with Crippen molar-refractivity contribution >= 4 is 45.2 Å². The van der Waals surface area contributed by atoms with Crippen molar-refractivity contribution in [3.05, 3.63) is 100 Å². The van der Waals surface area contributed by atoms with Crippen molar-refractivity contribution in [3.8, 4) is 0 Å². The summed E-state index contributed by atoms with van der Waals surface area (Å²) in [5.41, 5.74) is 4.74. The van der Waals surface area contributed by atoms with Crippen molar-refractivity contribution < 1.29 is 4.79 Å². The SMILES string of the molecule is Cc1ccc(/C=C/c2ccc3sccc3c2)cc1NC(=O)c1ccccc1. The van der Waals surface area contributed by atoms with E-state index in [4.69, 9.17) is 0 Å². The largest absolute Gasteiger partial charge is 0.322 e. The predicted octanol–water partition coefficient (Wildman–Crippen LogP) is 6.63. The smallest absolute Gasteiger partial charge is 0.255 e. The van der Waals surface area contributed by atoms with Crippen molar-refractivity contribution in [1.29, 1.82) is 0 Å². The number of amides is 1. The molecule has 4 aromatic rings. The Labute approximate surface area is 162 Å². The first-order chi connectivity index (χ1) is 13.2. The van der Waals surface area contributed by atoms with E-state index in [2.05, 4.69) is 53.2 Å². The van der Waals surface area contributed by atoms with Gasteiger partial charge in [0, 0.05) is 16.0 Å². The van der Waals surface area contributed by atoms with Crippen LogP contribution in [0.25, 0.3) is 22.2 Å². The molecular formula is C24H19NOS. The molecule has 1 aromatic heterocycles. The zero-order valence-electron chi connectivity index (χ0n) is 15.0. The molecule has 0 spiro atoms. The van der Waals surface area contributed by atoms with Crippen molar-refractivity contribution in [3.63, 3.8) is 0 Å². The van der Waals surface area contributed by atoms with E-state index in [0.29, 0.717) is 5.56 Å². The highest BCUT2D eigenvalue weighted by atomic mass is 32.1. The number of hydrogen-bond donors (Lipinski definition) is 1. The van der Waals surface area contributed by atoms with Gasteiger partial charge >= 0.3 is 0 Å². The number of rotatable bonds is 4. The van der Waals surface area contributed by atoms with Crippen LogP contribution < -0.4 is 5.32 Å². The van der Waals surface area contributed by atoms with Crippen molar-refractivity contribution in [2.24, 2.45) is 0 Å². The molecule has 3 heteroatoms. The number of carbonyl (C=O) groups excluding carboxylic acids is 1. The highest BCUT2D eigenvalue weighted by Gasteiger charge is 2.07. The van der Waals surface area contributed by atoms with E-state index < -0.39 is 0 Å². The third-order valence-electron chi connectivity index (χ3n) is 4.49. The van der Waals surface area contributed by atoms with Crippen molar-refractivity contribution in [2.75, 3.05) is 5.32 Å². The summed E-state index contributed by atoms with van der Waals surface area (Å²) in [6.07, 6.45) is 4.18. The molecule has 0 bridgehead atoms. The molecule has 0 aliphatic heterocycles.